The number of aromatic nitrogens is 3. The summed E-state index contributed by atoms with van der Waals surface area (Å²) in [6, 6.07) is 19.9. The summed E-state index contributed by atoms with van der Waals surface area (Å²) in [5.41, 5.74) is 2.25. The van der Waals surface area contributed by atoms with E-state index in [2.05, 4.69) is 15.2 Å². The molecular formula is C24H17Cl3N4O2. The van der Waals surface area contributed by atoms with Crippen LogP contribution in [0.4, 0.5) is 0 Å². The second-order valence-electron chi connectivity index (χ2n) is 6.79. The summed E-state index contributed by atoms with van der Waals surface area (Å²) in [6.07, 6.45) is 6.23. The van der Waals surface area contributed by atoms with Crippen molar-refractivity contribution >= 4 is 46.6 Å². The molecule has 0 saturated carbocycles. The molecule has 1 aromatic heterocycles. The van der Waals surface area contributed by atoms with Crippen molar-refractivity contribution in [3.8, 4) is 11.5 Å². The lowest BCUT2D eigenvalue weighted by Crippen LogP contribution is -2.12. The van der Waals surface area contributed by atoms with E-state index in [4.69, 9.17) is 44.4 Å². The van der Waals surface area contributed by atoms with Crippen LogP contribution in [0.15, 0.2) is 90.8 Å². The molecule has 0 aliphatic rings. The van der Waals surface area contributed by atoms with Gasteiger partial charge in [-0.1, -0.05) is 46.0 Å². The van der Waals surface area contributed by atoms with Gasteiger partial charge in [0.15, 0.2) is 0 Å². The minimum absolute atomic E-state index is 0.368. The Morgan fingerprint density at radius 1 is 0.909 bits per heavy atom. The minimum atomic E-state index is 0.368. The topological polar surface area (TPSA) is 61.5 Å². The van der Waals surface area contributed by atoms with Gasteiger partial charge >= 0.3 is 0 Å². The molecule has 1 heterocycles. The molecule has 3 aromatic carbocycles. The Morgan fingerprint density at radius 3 is 2.27 bits per heavy atom. The number of rotatable bonds is 8. The van der Waals surface area contributed by atoms with Crippen LogP contribution in [0.3, 0.4) is 0 Å². The van der Waals surface area contributed by atoms with Crippen molar-refractivity contribution in [3.63, 3.8) is 0 Å². The van der Waals surface area contributed by atoms with Gasteiger partial charge in [-0.3, -0.25) is 0 Å². The van der Waals surface area contributed by atoms with Gasteiger partial charge in [-0.05, 0) is 72.3 Å². The molecule has 0 fully saturated rings. The molecule has 166 valence electrons. The van der Waals surface area contributed by atoms with Crippen LogP contribution in [0.2, 0.25) is 15.1 Å². The smallest absolute Gasteiger partial charge is 0.137 e. The molecule has 4 aromatic rings. The lowest BCUT2D eigenvalue weighted by atomic mass is 10.1. The van der Waals surface area contributed by atoms with E-state index in [-0.39, 0.29) is 0 Å². The lowest BCUT2D eigenvalue weighted by Gasteiger charge is -2.09. The van der Waals surface area contributed by atoms with Gasteiger partial charge in [0.1, 0.15) is 36.1 Å². The fraction of sp³-hybridized carbons (Fsp3) is 0.0417. The summed E-state index contributed by atoms with van der Waals surface area (Å²) in [6.45, 7) is 0.368. The molecule has 9 heteroatoms. The van der Waals surface area contributed by atoms with Gasteiger partial charge in [0, 0.05) is 20.6 Å². The monoisotopic (exact) mass is 498 g/mol. The predicted octanol–water partition coefficient (Wildman–Crippen LogP) is 7.12. The third kappa shape index (κ3) is 6.58. The SMILES string of the molecule is Clc1ccc(Oc2ccc(/C(Cn3cncn3)=N\O/C=C/c3ccc(Cl)cc3Cl)cc2)cc1. The Morgan fingerprint density at radius 2 is 1.61 bits per heavy atom. The summed E-state index contributed by atoms with van der Waals surface area (Å²) < 4.78 is 7.50. The van der Waals surface area contributed by atoms with Crippen molar-refractivity contribution in [1.82, 2.24) is 14.8 Å². The van der Waals surface area contributed by atoms with Crippen molar-refractivity contribution in [1.29, 1.82) is 0 Å². The van der Waals surface area contributed by atoms with E-state index in [0.29, 0.717) is 38.8 Å². The number of hydrogen-bond donors (Lipinski definition) is 0. The summed E-state index contributed by atoms with van der Waals surface area (Å²) in [5, 5.41) is 10.1. The number of oxime groups is 1. The maximum atomic E-state index is 6.18. The molecule has 0 amide bonds. The molecule has 0 aliphatic carbocycles. The van der Waals surface area contributed by atoms with Crippen molar-refractivity contribution in [2.75, 3.05) is 0 Å². The average molecular weight is 500 g/mol. The molecule has 0 N–H and O–H groups in total. The van der Waals surface area contributed by atoms with Crippen LogP contribution in [0.25, 0.3) is 6.08 Å². The van der Waals surface area contributed by atoms with Crippen LogP contribution < -0.4 is 4.74 Å². The zero-order valence-corrected chi connectivity index (χ0v) is 19.4. The highest BCUT2D eigenvalue weighted by molar-refractivity contribution is 6.35. The first-order valence-corrected chi connectivity index (χ1v) is 10.9. The summed E-state index contributed by atoms with van der Waals surface area (Å²) in [4.78, 5) is 9.41. The van der Waals surface area contributed by atoms with Crippen LogP contribution in [-0.4, -0.2) is 20.5 Å². The van der Waals surface area contributed by atoms with E-state index in [9.17, 15) is 0 Å². The highest BCUT2D eigenvalue weighted by Crippen LogP contribution is 2.24. The highest BCUT2D eigenvalue weighted by Gasteiger charge is 2.08. The number of hydrogen-bond acceptors (Lipinski definition) is 5. The van der Waals surface area contributed by atoms with Gasteiger partial charge in [0.05, 0.1) is 6.54 Å². The Bertz CT molecular complexity index is 1260. The van der Waals surface area contributed by atoms with Crippen molar-refractivity contribution < 1.29 is 9.57 Å². The molecule has 0 bridgehead atoms. The summed E-state index contributed by atoms with van der Waals surface area (Å²) >= 11 is 18.0. The molecule has 0 saturated heterocycles. The van der Waals surface area contributed by atoms with Crippen LogP contribution in [0.1, 0.15) is 11.1 Å². The van der Waals surface area contributed by atoms with Crippen LogP contribution in [-0.2, 0) is 11.4 Å². The standard InChI is InChI=1S/C24H17Cl3N4O2/c25-19-5-9-22(10-6-19)33-21-7-2-18(3-8-21)24(14-31-16-28-15-29-31)30-32-12-11-17-1-4-20(26)13-23(17)27/h1-13,15-16H,14H2/b12-11+,30-24-. The van der Waals surface area contributed by atoms with E-state index in [1.165, 1.54) is 12.6 Å². The van der Waals surface area contributed by atoms with E-state index < -0.39 is 0 Å². The largest absolute Gasteiger partial charge is 0.457 e. The number of halogens is 3. The van der Waals surface area contributed by atoms with E-state index in [0.717, 1.165) is 11.1 Å². The van der Waals surface area contributed by atoms with Gasteiger partial charge in [-0.2, -0.15) is 5.10 Å². The summed E-state index contributed by atoms with van der Waals surface area (Å²) in [5.74, 6) is 1.37. The first-order valence-electron chi connectivity index (χ1n) is 9.77. The molecule has 0 aliphatic heterocycles. The molecule has 33 heavy (non-hydrogen) atoms. The van der Waals surface area contributed by atoms with Gasteiger partial charge in [-0.15, -0.1) is 0 Å². The van der Waals surface area contributed by atoms with Gasteiger partial charge in [0.25, 0.3) is 0 Å². The van der Waals surface area contributed by atoms with Gasteiger partial charge in [-0.25, -0.2) is 9.67 Å². The maximum Gasteiger partial charge on any atom is 0.137 e. The van der Waals surface area contributed by atoms with E-state index in [1.54, 1.807) is 59.5 Å². The Hall–Kier alpha value is -3.32. The fourth-order valence-electron chi connectivity index (χ4n) is 2.83. The van der Waals surface area contributed by atoms with Crippen molar-refractivity contribution in [2.45, 2.75) is 6.54 Å². The molecule has 6 nitrogen and oxygen atoms in total. The molecule has 0 spiro atoms. The highest BCUT2D eigenvalue weighted by atomic mass is 35.5. The van der Waals surface area contributed by atoms with Crippen LogP contribution in [0, 0.1) is 0 Å². The second-order valence-corrected chi connectivity index (χ2v) is 8.07. The first kappa shape index (κ1) is 22.9. The summed E-state index contributed by atoms with van der Waals surface area (Å²) in [7, 11) is 0. The molecule has 0 unspecified atom stereocenters. The lowest BCUT2D eigenvalue weighted by molar-refractivity contribution is 0.269. The predicted molar refractivity (Wildman–Crippen MR) is 131 cm³/mol. The molecule has 4 rings (SSSR count). The Kier molecular flexibility index (Phi) is 7.62. The fourth-order valence-corrected chi connectivity index (χ4v) is 3.43. The van der Waals surface area contributed by atoms with Gasteiger partial charge < -0.3 is 9.57 Å². The third-order valence-electron chi connectivity index (χ3n) is 4.45. The zero-order valence-electron chi connectivity index (χ0n) is 17.1. The Labute approximate surface area is 205 Å². The first-order chi connectivity index (χ1) is 16.1. The normalized spacial score (nSPS) is 11.7. The van der Waals surface area contributed by atoms with E-state index in [1.807, 2.05) is 24.3 Å². The number of ether oxygens (including phenoxy) is 1. The van der Waals surface area contributed by atoms with E-state index >= 15 is 0 Å². The molecule has 0 atom stereocenters. The van der Waals surface area contributed by atoms with Crippen molar-refractivity contribution in [3.05, 3.63) is 112 Å². The number of nitrogens with zero attached hydrogens (tertiary/aromatic N) is 4. The van der Waals surface area contributed by atoms with Crippen molar-refractivity contribution in [2.24, 2.45) is 5.16 Å². The zero-order chi connectivity index (χ0) is 23.0. The van der Waals surface area contributed by atoms with Gasteiger partial charge in [0.2, 0.25) is 0 Å². The maximum absolute atomic E-state index is 6.18. The average Bonchev–Trinajstić information content (AvgIpc) is 3.32. The third-order valence-corrected chi connectivity index (χ3v) is 5.26. The minimum Gasteiger partial charge on any atom is -0.457 e. The Balaban J connectivity index is 1.49. The van der Waals surface area contributed by atoms with Crippen LogP contribution in [0.5, 0.6) is 11.5 Å². The number of benzene rings is 3. The van der Waals surface area contributed by atoms with Crippen LogP contribution >= 0.6 is 34.8 Å². The molecular weight excluding hydrogens is 483 g/mol. The quantitative estimate of drug-likeness (QED) is 0.147. The molecule has 0 radical (unpaired) electrons. The second kappa shape index (κ2) is 11.0.